The average molecular weight is 287 g/mol. The lowest BCUT2D eigenvalue weighted by atomic mass is 10.3. The summed E-state index contributed by atoms with van der Waals surface area (Å²) in [5.41, 5.74) is 6.63. The number of urea groups is 1. The number of hydrogen-bond acceptors (Lipinski definition) is 2. The van der Waals surface area contributed by atoms with Gasteiger partial charge in [0, 0.05) is 13.1 Å². The zero-order chi connectivity index (χ0) is 13.1. The van der Waals surface area contributed by atoms with E-state index in [9.17, 15) is 4.79 Å². The Hall–Kier alpha value is -1.46. The van der Waals surface area contributed by atoms with E-state index in [1.807, 2.05) is 16.7 Å². The third-order valence-corrected chi connectivity index (χ3v) is 3.11. The van der Waals surface area contributed by atoms with Crippen LogP contribution in [0, 0.1) is 0 Å². The lowest BCUT2D eigenvalue weighted by Crippen LogP contribution is -2.32. The van der Waals surface area contributed by atoms with Gasteiger partial charge >= 0.3 is 6.03 Å². The normalized spacial score (nSPS) is 10.8. The van der Waals surface area contributed by atoms with Crippen molar-refractivity contribution >= 4 is 40.3 Å². The Morgan fingerprint density at radius 2 is 2.28 bits per heavy atom. The minimum atomic E-state index is -0.551. The molecular weight excluding hydrogens is 275 g/mol. The van der Waals surface area contributed by atoms with E-state index in [4.69, 9.17) is 28.9 Å². The highest BCUT2D eigenvalue weighted by Gasteiger charge is 2.11. The van der Waals surface area contributed by atoms with Gasteiger partial charge in [-0.25, -0.2) is 9.78 Å². The summed E-state index contributed by atoms with van der Waals surface area (Å²) in [6.07, 6.45) is 0. The maximum Gasteiger partial charge on any atom is 0.312 e. The van der Waals surface area contributed by atoms with Crippen molar-refractivity contribution in [3.05, 3.63) is 29.0 Å². The Kier molecular flexibility index (Phi) is 3.93. The lowest BCUT2D eigenvalue weighted by molar-refractivity contribution is 0.248. The Balaban J connectivity index is 2.35. The number of nitrogens with two attached hydrogens (primary N) is 1. The highest BCUT2D eigenvalue weighted by atomic mass is 35.5. The summed E-state index contributed by atoms with van der Waals surface area (Å²) in [7, 11) is 0. The van der Waals surface area contributed by atoms with Crippen molar-refractivity contribution in [3.63, 3.8) is 0 Å². The van der Waals surface area contributed by atoms with E-state index in [2.05, 4.69) is 10.3 Å². The molecule has 1 heterocycles. The molecule has 0 aliphatic rings. The van der Waals surface area contributed by atoms with Crippen LogP contribution in [0.15, 0.2) is 18.2 Å². The van der Waals surface area contributed by atoms with Gasteiger partial charge in [-0.2, -0.15) is 0 Å². The first-order valence-corrected chi connectivity index (χ1v) is 6.27. The third-order valence-electron chi connectivity index (χ3n) is 2.56. The van der Waals surface area contributed by atoms with Crippen LogP contribution in [0.25, 0.3) is 11.0 Å². The van der Waals surface area contributed by atoms with Crippen molar-refractivity contribution in [2.24, 2.45) is 5.73 Å². The lowest BCUT2D eigenvalue weighted by Gasteiger charge is -2.07. The van der Waals surface area contributed by atoms with E-state index in [1.165, 1.54) is 0 Å². The molecule has 0 spiro atoms. The predicted octanol–water partition coefficient (Wildman–Crippen LogP) is 2.10. The van der Waals surface area contributed by atoms with Gasteiger partial charge in [0.05, 0.1) is 16.4 Å². The quantitative estimate of drug-likeness (QED) is 0.845. The van der Waals surface area contributed by atoms with Crippen LogP contribution in [-0.2, 0) is 12.4 Å². The molecule has 0 radical (unpaired) electrons. The summed E-state index contributed by atoms with van der Waals surface area (Å²) in [5.74, 6) is 0.993. The van der Waals surface area contributed by atoms with Crippen LogP contribution in [0.5, 0.6) is 0 Å². The molecule has 0 saturated heterocycles. The molecule has 18 heavy (non-hydrogen) atoms. The molecule has 0 aliphatic carbocycles. The summed E-state index contributed by atoms with van der Waals surface area (Å²) in [4.78, 5) is 15.0. The number of para-hydroxylation sites is 1. The topological polar surface area (TPSA) is 72.9 Å². The van der Waals surface area contributed by atoms with Crippen molar-refractivity contribution in [3.8, 4) is 0 Å². The maximum absolute atomic E-state index is 10.6. The Bertz CT molecular complexity index is 582. The molecule has 3 N–H and O–H groups in total. The van der Waals surface area contributed by atoms with Crippen LogP contribution >= 0.6 is 23.2 Å². The van der Waals surface area contributed by atoms with Crippen molar-refractivity contribution in [1.29, 1.82) is 0 Å². The summed E-state index contributed by atoms with van der Waals surface area (Å²) >= 11 is 11.9. The molecule has 0 saturated carbocycles. The van der Waals surface area contributed by atoms with Crippen LogP contribution in [-0.4, -0.2) is 22.1 Å². The average Bonchev–Trinajstić information content (AvgIpc) is 2.69. The molecule has 2 amide bonds. The smallest absolute Gasteiger partial charge is 0.312 e. The van der Waals surface area contributed by atoms with E-state index in [-0.39, 0.29) is 5.88 Å². The van der Waals surface area contributed by atoms with E-state index in [0.717, 1.165) is 5.52 Å². The SMILES string of the molecule is NC(=O)NCCn1c(CCl)nc2c(Cl)cccc21. The monoisotopic (exact) mass is 286 g/mol. The molecule has 7 heteroatoms. The first-order chi connectivity index (χ1) is 8.63. The Labute approximate surface area is 114 Å². The van der Waals surface area contributed by atoms with E-state index >= 15 is 0 Å². The highest BCUT2D eigenvalue weighted by Crippen LogP contribution is 2.24. The summed E-state index contributed by atoms with van der Waals surface area (Å²) in [6, 6.07) is 4.99. The van der Waals surface area contributed by atoms with Gasteiger partial charge in [0.15, 0.2) is 0 Å². The molecule has 0 unspecified atom stereocenters. The molecule has 1 aromatic heterocycles. The number of carbonyl (C=O) groups is 1. The van der Waals surface area contributed by atoms with E-state index < -0.39 is 6.03 Å². The molecule has 0 bridgehead atoms. The molecule has 0 fully saturated rings. The second kappa shape index (κ2) is 5.46. The van der Waals surface area contributed by atoms with Gasteiger partial charge < -0.3 is 15.6 Å². The van der Waals surface area contributed by atoms with Crippen molar-refractivity contribution < 1.29 is 4.79 Å². The number of halogens is 2. The molecule has 2 aromatic rings. The van der Waals surface area contributed by atoms with Crippen LogP contribution in [0.2, 0.25) is 5.02 Å². The number of imidazole rings is 1. The third kappa shape index (κ3) is 2.52. The van der Waals surface area contributed by atoms with E-state index in [0.29, 0.717) is 29.5 Å². The van der Waals surface area contributed by atoms with Gasteiger partial charge in [0.1, 0.15) is 11.3 Å². The predicted molar refractivity (Wildman–Crippen MR) is 71.9 cm³/mol. The van der Waals surface area contributed by atoms with Gasteiger partial charge in [-0.3, -0.25) is 0 Å². The minimum Gasteiger partial charge on any atom is -0.352 e. The number of primary amides is 1. The number of rotatable bonds is 4. The van der Waals surface area contributed by atoms with Gasteiger partial charge in [-0.15, -0.1) is 11.6 Å². The van der Waals surface area contributed by atoms with Gasteiger partial charge in [0.25, 0.3) is 0 Å². The number of nitrogens with zero attached hydrogens (tertiary/aromatic N) is 2. The van der Waals surface area contributed by atoms with E-state index in [1.54, 1.807) is 6.07 Å². The van der Waals surface area contributed by atoms with Crippen LogP contribution in [0.3, 0.4) is 0 Å². The molecular formula is C11H12Cl2N4O. The Morgan fingerprint density at radius 3 is 2.94 bits per heavy atom. The van der Waals surface area contributed by atoms with Crippen LogP contribution < -0.4 is 11.1 Å². The molecule has 2 rings (SSSR count). The number of carbonyl (C=O) groups excluding carboxylic acids is 1. The highest BCUT2D eigenvalue weighted by molar-refractivity contribution is 6.35. The number of aromatic nitrogens is 2. The van der Waals surface area contributed by atoms with Gasteiger partial charge in [-0.1, -0.05) is 17.7 Å². The zero-order valence-corrected chi connectivity index (χ0v) is 11.0. The fourth-order valence-corrected chi connectivity index (χ4v) is 2.22. The molecule has 96 valence electrons. The fourth-order valence-electron chi connectivity index (χ4n) is 1.80. The summed E-state index contributed by atoms with van der Waals surface area (Å²) in [5, 5.41) is 3.11. The molecule has 5 nitrogen and oxygen atoms in total. The largest absolute Gasteiger partial charge is 0.352 e. The Morgan fingerprint density at radius 1 is 1.50 bits per heavy atom. The number of amides is 2. The number of hydrogen-bond donors (Lipinski definition) is 2. The number of nitrogens with one attached hydrogen (secondary N) is 1. The van der Waals surface area contributed by atoms with Gasteiger partial charge in [0.2, 0.25) is 0 Å². The summed E-state index contributed by atoms with van der Waals surface area (Å²) in [6.45, 7) is 0.957. The van der Waals surface area contributed by atoms with Crippen LogP contribution in [0.1, 0.15) is 5.82 Å². The molecule has 0 atom stereocenters. The fraction of sp³-hybridized carbons (Fsp3) is 0.273. The van der Waals surface area contributed by atoms with Crippen LogP contribution in [0.4, 0.5) is 4.79 Å². The summed E-state index contributed by atoms with van der Waals surface area (Å²) < 4.78 is 1.92. The minimum absolute atomic E-state index is 0.279. The van der Waals surface area contributed by atoms with Crippen molar-refractivity contribution in [2.45, 2.75) is 12.4 Å². The number of fused-ring (bicyclic) bond motifs is 1. The van der Waals surface area contributed by atoms with Gasteiger partial charge in [-0.05, 0) is 12.1 Å². The first kappa shape index (κ1) is 13.0. The van der Waals surface area contributed by atoms with Crippen molar-refractivity contribution in [2.75, 3.05) is 6.54 Å². The second-order valence-electron chi connectivity index (χ2n) is 3.71. The number of benzene rings is 1. The standard InChI is InChI=1S/C11H12Cl2N4O/c12-6-9-16-10-7(13)2-1-3-8(10)17(9)5-4-15-11(14)18/h1-3H,4-6H2,(H3,14,15,18). The second-order valence-corrected chi connectivity index (χ2v) is 4.39. The molecule has 1 aromatic carbocycles. The molecule has 0 aliphatic heterocycles. The zero-order valence-electron chi connectivity index (χ0n) is 9.49. The van der Waals surface area contributed by atoms with Crippen molar-refractivity contribution in [1.82, 2.24) is 14.9 Å². The first-order valence-electron chi connectivity index (χ1n) is 5.36. The maximum atomic E-state index is 10.6. The number of alkyl halides is 1.